The van der Waals surface area contributed by atoms with E-state index in [0.29, 0.717) is 0 Å². The maximum Gasteiger partial charge on any atom is 0.0367 e. The van der Waals surface area contributed by atoms with Crippen molar-refractivity contribution in [1.82, 2.24) is 4.90 Å². The molecule has 96 valence electrons. The molecule has 6 heteroatoms. The standard InChI is InChI=1S/C10H17N3.3ClH/c1-13(2)6-5-8-3-4-9(11)7-10(8)12;;;/h3-4,7H,5-6,11-12H2,1-2H3;3*1H. The second-order valence-electron chi connectivity index (χ2n) is 3.51. The first-order valence-corrected chi connectivity index (χ1v) is 4.38. The molecule has 0 spiro atoms. The molecular formula is C10H20Cl3N3. The van der Waals surface area contributed by atoms with Gasteiger partial charge in [0.05, 0.1) is 0 Å². The Balaban J connectivity index is -0.000000563. The van der Waals surface area contributed by atoms with Crippen molar-refractivity contribution in [2.24, 2.45) is 0 Å². The highest BCUT2D eigenvalue weighted by atomic mass is 35.5. The van der Waals surface area contributed by atoms with Crippen molar-refractivity contribution in [2.45, 2.75) is 6.42 Å². The average Bonchev–Trinajstić information content (AvgIpc) is 2.02. The van der Waals surface area contributed by atoms with E-state index in [-0.39, 0.29) is 37.2 Å². The molecule has 0 unspecified atom stereocenters. The lowest BCUT2D eigenvalue weighted by molar-refractivity contribution is 0.414. The molecule has 1 aromatic rings. The first kappa shape index (κ1) is 21.0. The smallest absolute Gasteiger partial charge is 0.0367 e. The second-order valence-corrected chi connectivity index (χ2v) is 3.51. The van der Waals surface area contributed by atoms with Gasteiger partial charge in [0, 0.05) is 17.9 Å². The Bertz CT molecular complexity index is 293. The van der Waals surface area contributed by atoms with E-state index in [1.165, 1.54) is 5.56 Å². The normalized spacial score (nSPS) is 8.69. The van der Waals surface area contributed by atoms with Gasteiger partial charge in [0.25, 0.3) is 0 Å². The van der Waals surface area contributed by atoms with Crippen molar-refractivity contribution in [3.8, 4) is 0 Å². The van der Waals surface area contributed by atoms with Crippen molar-refractivity contribution in [3.05, 3.63) is 23.8 Å². The lowest BCUT2D eigenvalue weighted by atomic mass is 10.1. The SMILES string of the molecule is CN(C)CCc1ccc(N)cc1N.Cl.Cl.Cl. The van der Waals surface area contributed by atoms with E-state index in [9.17, 15) is 0 Å². The highest BCUT2D eigenvalue weighted by molar-refractivity contribution is 5.86. The zero-order valence-corrected chi connectivity index (χ0v) is 11.9. The molecule has 0 aliphatic rings. The molecule has 0 heterocycles. The number of benzene rings is 1. The van der Waals surface area contributed by atoms with Crippen LogP contribution in [-0.4, -0.2) is 25.5 Å². The fourth-order valence-electron chi connectivity index (χ4n) is 1.19. The minimum atomic E-state index is 0. The van der Waals surface area contributed by atoms with Gasteiger partial charge in [-0.1, -0.05) is 6.07 Å². The van der Waals surface area contributed by atoms with Gasteiger partial charge < -0.3 is 16.4 Å². The van der Waals surface area contributed by atoms with Crippen LogP contribution >= 0.6 is 37.2 Å². The summed E-state index contributed by atoms with van der Waals surface area (Å²) in [5.74, 6) is 0. The summed E-state index contributed by atoms with van der Waals surface area (Å²) in [5.41, 5.74) is 14.1. The Morgan fingerprint density at radius 1 is 1.06 bits per heavy atom. The molecule has 0 atom stereocenters. The number of nitrogens with two attached hydrogens (primary N) is 2. The number of rotatable bonds is 3. The number of hydrogen-bond acceptors (Lipinski definition) is 3. The molecule has 0 aromatic heterocycles. The van der Waals surface area contributed by atoms with Crippen LogP contribution in [0.25, 0.3) is 0 Å². The summed E-state index contributed by atoms with van der Waals surface area (Å²) in [7, 11) is 4.10. The summed E-state index contributed by atoms with van der Waals surface area (Å²) in [4.78, 5) is 2.13. The Labute approximate surface area is 116 Å². The number of halogens is 3. The van der Waals surface area contributed by atoms with Crippen molar-refractivity contribution in [2.75, 3.05) is 32.1 Å². The van der Waals surface area contributed by atoms with Gasteiger partial charge in [0.15, 0.2) is 0 Å². The third kappa shape index (κ3) is 7.01. The summed E-state index contributed by atoms with van der Waals surface area (Å²) in [6.45, 7) is 1.01. The van der Waals surface area contributed by atoms with E-state index in [4.69, 9.17) is 11.5 Å². The summed E-state index contributed by atoms with van der Waals surface area (Å²) >= 11 is 0. The Morgan fingerprint density at radius 2 is 1.62 bits per heavy atom. The maximum absolute atomic E-state index is 5.81. The van der Waals surface area contributed by atoms with E-state index >= 15 is 0 Å². The lowest BCUT2D eigenvalue weighted by Crippen LogP contribution is -2.15. The van der Waals surface area contributed by atoms with Gasteiger partial charge in [-0.15, -0.1) is 37.2 Å². The highest BCUT2D eigenvalue weighted by Crippen LogP contribution is 2.15. The topological polar surface area (TPSA) is 55.3 Å². The minimum Gasteiger partial charge on any atom is -0.399 e. The van der Waals surface area contributed by atoms with Crippen LogP contribution in [0, 0.1) is 0 Å². The fourth-order valence-corrected chi connectivity index (χ4v) is 1.19. The van der Waals surface area contributed by atoms with E-state index in [1.54, 1.807) is 0 Å². The van der Waals surface area contributed by atoms with Crippen LogP contribution in [0.5, 0.6) is 0 Å². The van der Waals surface area contributed by atoms with Crippen LogP contribution in [0.1, 0.15) is 5.56 Å². The van der Waals surface area contributed by atoms with Gasteiger partial charge in [-0.05, 0) is 38.2 Å². The molecule has 0 amide bonds. The van der Waals surface area contributed by atoms with Crippen LogP contribution in [0.15, 0.2) is 18.2 Å². The number of likely N-dealkylation sites (N-methyl/N-ethyl adjacent to an activating group) is 1. The Kier molecular flexibility index (Phi) is 12.9. The molecule has 1 aromatic carbocycles. The second kappa shape index (κ2) is 9.85. The molecule has 0 radical (unpaired) electrons. The van der Waals surface area contributed by atoms with Crippen LogP contribution in [0.2, 0.25) is 0 Å². The van der Waals surface area contributed by atoms with Crippen LogP contribution in [-0.2, 0) is 6.42 Å². The van der Waals surface area contributed by atoms with Crippen LogP contribution in [0.3, 0.4) is 0 Å². The summed E-state index contributed by atoms with van der Waals surface area (Å²) in [5, 5.41) is 0. The predicted molar refractivity (Wildman–Crippen MR) is 79.3 cm³/mol. The zero-order valence-electron chi connectivity index (χ0n) is 9.47. The lowest BCUT2D eigenvalue weighted by Gasteiger charge is -2.11. The summed E-state index contributed by atoms with van der Waals surface area (Å²) in [6, 6.07) is 5.69. The third-order valence-corrected chi connectivity index (χ3v) is 2.00. The van der Waals surface area contributed by atoms with Gasteiger partial charge in [-0.2, -0.15) is 0 Å². The molecule has 0 aliphatic heterocycles. The van der Waals surface area contributed by atoms with E-state index in [2.05, 4.69) is 4.90 Å². The Morgan fingerprint density at radius 3 is 2.06 bits per heavy atom. The molecule has 16 heavy (non-hydrogen) atoms. The number of nitrogens with zero attached hydrogens (tertiary/aromatic N) is 1. The van der Waals surface area contributed by atoms with Crippen LogP contribution < -0.4 is 11.5 Å². The number of hydrogen-bond donors (Lipinski definition) is 2. The first-order valence-electron chi connectivity index (χ1n) is 4.38. The van der Waals surface area contributed by atoms with Gasteiger partial charge in [0.1, 0.15) is 0 Å². The molecule has 0 saturated heterocycles. The predicted octanol–water partition coefficient (Wildman–Crippen LogP) is 2.22. The van der Waals surface area contributed by atoms with Gasteiger partial charge in [-0.3, -0.25) is 0 Å². The van der Waals surface area contributed by atoms with Crippen LogP contribution in [0.4, 0.5) is 11.4 Å². The zero-order chi connectivity index (χ0) is 9.84. The first-order chi connectivity index (χ1) is 6.09. The molecule has 0 aliphatic carbocycles. The van der Waals surface area contributed by atoms with E-state index in [0.717, 1.165) is 24.3 Å². The largest absolute Gasteiger partial charge is 0.399 e. The molecule has 4 N–H and O–H groups in total. The average molecular weight is 289 g/mol. The van der Waals surface area contributed by atoms with E-state index in [1.807, 2.05) is 32.3 Å². The molecule has 0 bridgehead atoms. The number of nitrogen functional groups attached to an aromatic ring is 2. The van der Waals surface area contributed by atoms with Gasteiger partial charge in [-0.25, -0.2) is 0 Å². The molecule has 3 nitrogen and oxygen atoms in total. The summed E-state index contributed by atoms with van der Waals surface area (Å²) in [6.07, 6.45) is 0.971. The van der Waals surface area contributed by atoms with E-state index < -0.39 is 0 Å². The molecule has 1 rings (SSSR count). The molecule has 0 saturated carbocycles. The van der Waals surface area contributed by atoms with Gasteiger partial charge in [0.2, 0.25) is 0 Å². The quantitative estimate of drug-likeness (QED) is 0.839. The minimum absolute atomic E-state index is 0. The van der Waals surface area contributed by atoms with Gasteiger partial charge >= 0.3 is 0 Å². The van der Waals surface area contributed by atoms with Crippen molar-refractivity contribution >= 4 is 48.6 Å². The van der Waals surface area contributed by atoms with Crippen molar-refractivity contribution < 1.29 is 0 Å². The Hall–Kier alpha value is -0.350. The van der Waals surface area contributed by atoms with Crippen molar-refractivity contribution in [3.63, 3.8) is 0 Å². The molecular weight excluding hydrogens is 268 g/mol. The number of anilines is 2. The molecule has 0 fully saturated rings. The fraction of sp³-hybridized carbons (Fsp3) is 0.400. The monoisotopic (exact) mass is 287 g/mol. The highest BCUT2D eigenvalue weighted by Gasteiger charge is 1.99. The van der Waals surface area contributed by atoms with Crippen molar-refractivity contribution in [1.29, 1.82) is 0 Å². The third-order valence-electron chi connectivity index (χ3n) is 2.00. The maximum atomic E-state index is 5.81. The summed E-state index contributed by atoms with van der Waals surface area (Å²) < 4.78 is 0.